The highest BCUT2D eigenvalue weighted by Gasteiger charge is 2.48. The second-order valence-electron chi connectivity index (χ2n) is 6.90. The van der Waals surface area contributed by atoms with Crippen LogP contribution in [-0.4, -0.2) is 104 Å². The first kappa shape index (κ1) is 19.1. The van der Waals surface area contributed by atoms with E-state index in [1.54, 1.807) is 26.1 Å². The molecule has 0 unspecified atom stereocenters. The molecular weight excluding hydrogens is 362 g/mol. The Morgan fingerprint density at radius 2 is 2.04 bits per heavy atom. The Morgan fingerprint density at radius 1 is 1.31 bits per heavy atom. The normalized spacial score (nSPS) is 25.3. The van der Waals surface area contributed by atoms with Crippen LogP contribution in [0.3, 0.4) is 0 Å². The van der Waals surface area contributed by atoms with E-state index in [-0.39, 0.29) is 29.6 Å². The minimum Gasteiger partial charge on any atom is -0.384 e. The molecule has 0 saturated carbocycles. The molecule has 11 heteroatoms. The highest BCUT2D eigenvalue weighted by atomic mass is 32.2. The van der Waals surface area contributed by atoms with Crippen LogP contribution in [0.15, 0.2) is 4.52 Å². The Hall–Kier alpha value is -1.72. The zero-order valence-corrected chi connectivity index (χ0v) is 16.1. The van der Waals surface area contributed by atoms with Gasteiger partial charge in [0.2, 0.25) is 5.89 Å². The van der Waals surface area contributed by atoms with Gasteiger partial charge < -0.3 is 19.1 Å². The van der Waals surface area contributed by atoms with Crippen molar-refractivity contribution in [3.63, 3.8) is 0 Å². The number of ether oxygens (including phenoxy) is 1. The zero-order chi connectivity index (χ0) is 18.9. The largest absolute Gasteiger partial charge is 0.384 e. The Morgan fingerprint density at radius 3 is 2.73 bits per heavy atom. The summed E-state index contributed by atoms with van der Waals surface area (Å²) in [6.07, 6.45) is 0.561. The molecule has 2 fully saturated rings. The van der Waals surface area contributed by atoms with Crippen molar-refractivity contribution in [3.8, 4) is 0 Å². The number of amides is 2. The number of nitrogens with zero attached hydrogens (tertiary/aromatic N) is 5. The number of hydrogen-bond acceptors (Lipinski definition) is 8. The first-order valence-electron chi connectivity index (χ1n) is 8.53. The molecule has 2 aliphatic heterocycles. The highest BCUT2D eigenvalue weighted by Crippen LogP contribution is 2.28. The summed E-state index contributed by atoms with van der Waals surface area (Å²) in [6.45, 7) is 1.92. The van der Waals surface area contributed by atoms with Gasteiger partial charge in [0, 0.05) is 46.8 Å². The fourth-order valence-electron chi connectivity index (χ4n) is 3.54. The summed E-state index contributed by atoms with van der Waals surface area (Å²) in [7, 11) is 1.76. The van der Waals surface area contributed by atoms with E-state index in [0.29, 0.717) is 44.4 Å². The number of hydrogen-bond donors (Lipinski definition) is 0. The van der Waals surface area contributed by atoms with Crippen LogP contribution in [-0.2, 0) is 27.5 Å². The van der Waals surface area contributed by atoms with Crippen molar-refractivity contribution in [2.75, 3.05) is 52.4 Å². The van der Waals surface area contributed by atoms with Gasteiger partial charge in [0.1, 0.15) is 0 Å². The molecule has 26 heavy (non-hydrogen) atoms. The van der Waals surface area contributed by atoms with Crippen LogP contribution in [0.25, 0.3) is 0 Å². The maximum atomic E-state index is 12.4. The predicted molar refractivity (Wildman–Crippen MR) is 92.3 cm³/mol. The molecule has 0 N–H and O–H groups in total. The Labute approximate surface area is 153 Å². The molecule has 0 bridgehead atoms. The molecule has 146 valence electrons. The van der Waals surface area contributed by atoms with Crippen molar-refractivity contribution in [1.82, 2.24) is 24.8 Å². The Balaban J connectivity index is 1.73. The minimum atomic E-state index is -3.19. The number of rotatable bonds is 5. The molecule has 2 amide bonds. The maximum Gasteiger partial charge on any atom is 0.319 e. The number of fused-ring (bicyclic) bond motifs is 1. The van der Waals surface area contributed by atoms with Gasteiger partial charge in [-0.15, -0.1) is 0 Å². The van der Waals surface area contributed by atoms with Gasteiger partial charge in [-0.2, -0.15) is 4.98 Å². The lowest BCUT2D eigenvalue weighted by Gasteiger charge is -2.44. The number of methoxy groups -OCH3 is 1. The molecule has 3 rings (SSSR count). The molecule has 1 aromatic rings. The van der Waals surface area contributed by atoms with Crippen molar-refractivity contribution in [2.24, 2.45) is 0 Å². The van der Waals surface area contributed by atoms with Gasteiger partial charge in [0.25, 0.3) is 0 Å². The van der Waals surface area contributed by atoms with Crippen molar-refractivity contribution in [2.45, 2.75) is 25.0 Å². The summed E-state index contributed by atoms with van der Waals surface area (Å²) < 4.78 is 34.7. The summed E-state index contributed by atoms with van der Waals surface area (Å²) in [5, 5.41) is 3.92. The van der Waals surface area contributed by atoms with Gasteiger partial charge in [0.05, 0.1) is 30.7 Å². The summed E-state index contributed by atoms with van der Waals surface area (Å²) in [6, 6.07) is -0.761. The predicted octanol–water partition coefficient (Wildman–Crippen LogP) is -0.777. The van der Waals surface area contributed by atoms with Crippen LogP contribution >= 0.6 is 0 Å². The number of aromatic nitrogens is 2. The average molecular weight is 387 g/mol. The summed E-state index contributed by atoms with van der Waals surface area (Å²) in [5.41, 5.74) is 0. The zero-order valence-electron chi connectivity index (χ0n) is 15.3. The number of sulfone groups is 1. The standard InChI is InChI=1S/C15H25N5O5S/c1-18(2)15(21)20-6-5-19(11-9-26(22,23)10-12(11)20)8-14-16-13(17-25-14)4-7-24-3/h11-12H,4-10H2,1-3H3/t11-,12+/m1/s1. The Kier molecular flexibility index (Phi) is 5.49. The van der Waals surface area contributed by atoms with Crippen molar-refractivity contribution < 1.29 is 22.5 Å². The molecule has 10 nitrogen and oxygen atoms in total. The smallest absolute Gasteiger partial charge is 0.319 e. The minimum absolute atomic E-state index is 0.00330. The van der Waals surface area contributed by atoms with E-state index in [0.717, 1.165) is 0 Å². The molecule has 2 aliphatic rings. The molecular formula is C15H25N5O5S. The molecule has 3 heterocycles. The second-order valence-corrected chi connectivity index (χ2v) is 9.05. The van der Waals surface area contributed by atoms with Crippen molar-refractivity contribution in [3.05, 3.63) is 11.7 Å². The van der Waals surface area contributed by atoms with E-state index < -0.39 is 9.84 Å². The molecule has 2 atom stereocenters. The van der Waals surface area contributed by atoms with Crippen LogP contribution in [0.2, 0.25) is 0 Å². The summed E-state index contributed by atoms with van der Waals surface area (Å²) >= 11 is 0. The van der Waals surface area contributed by atoms with Crippen molar-refractivity contribution in [1.29, 1.82) is 0 Å². The monoisotopic (exact) mass is 387 g/mol. The summed E-state index contributed by atoms with van der Waals surface area (Å²) in [4.78, 5) is 21.9. The van der Waals surface area contributed by atoms with Gasteiger partial charge in [0.15, 0.2) is 15.7 Å². The maximum absolute atomic E-state index is 12.4. The van der Waals surface area contributed by atoms with E-state index >= 15 is 0 Å². The number of carbonyl (C=O) groups is 1. The van der Waals surface area contributed by atoms with Crippen molar-refractivity contribution >= 4 is 15.9 Å². The van der Waals surface area contributed by atoms with Crippen LogP contribution < -0.4 is 0 Å². The third-order valence-corrected chi connectivity index (χ3v) is 6.50. The average Bonchev–Trinajstić information content (AvgIpc) is 3.15. The van der Waals surface area contributed by atoms with E-state index in [1.807, 2.05) is 4.90 Å². The topological polar surface area (TPSA) is 109 Å². The summed E-state index contributed by atoms with van der Waals surface area (Å²) in [5.74, 6) is 1.06. The lowest BCUT2D eigenvalue weighted by molar-refractivity contribution is 0.0461. The molecule has 0 spiro atoms. The van der Waals surface area contributed by atoms with Crippen LogP contribution in [0.5, 0.6) is 0 Å². The first-order valence-corrected chi connectivity index (χ1v) is 10.4. The van der Waals surface area contributed by atoms with Gasteiger partial charge in [-0.3, -0.25) is 4.90 Å². The van der Waals surface area contributed by atoms with Crippen LogP contribution in [0, 0.1) is 0 Å². The molecule has 1 aromatic heterocycles. The SMILES string of the molecule is COCCc1noc(CN2CCN(C(=O)N(C)C)[C@H]3CS(=O)(=O)C[C@H]32)n1. The van der Waals surface area contributed by atoms with E-state index in [9.17, 15) is 13.2 Å². The number of carbonyl (C=O) groups excluding carboxylic acids is 1. The fraction of sp³-hybridized carbons (Fsp3) is 0.800. The van der Waals surface area contributed by atoms with E-state index in [4.69, 9.17) is 9.26 Å². The van der Waals surface area contributed by atoms with Gasteiger partial charge in [-0.25, -0.2) is 13.2 Å². The van der Waals surface area contributed by atoms with E-state index in [2.05, 4.69) is 10.1 Å². The molecule has 0 aromatic carbocycles. The van der Waals surface area contributed by atoms with Crippen LogP contribution in [0.4, 0.5) is 4.79 Å². The van der Waals surface area contributed by atoms with Gasteiger partial charge in [-0.1, -0.05) is 5.16 Å². The number of piperazine rings is 1. The highest BCUT2D eigenvalue weighted by molar-refractivity contribution is 7.91. The Bertz CT molecular complexity index is 749. The lowest BCUT2D eigenvalue weighted by Crippen LogP contribution is -2.61. The fourth-order valence-corrected chi connectivity index (χ4v) is 5.55. The molecule has 2 saturated heterocycles. The molecule has 0 radical (unpaired) electrons. The van der Waals surface area contributed by atoms with Crippen LogP contribution in [0.1, 0.15) is 11.7 Å². The second kappa shape index (κ2) is 7.49. The lowest BCUT2D eigenvalue weighted by atomic mass is 10.1. The third-order valence-electron chi connectivity index (χ3n) is 4.80. The third kappa shape index (κ3) is 3.99. The van der Waals surface area contributed by atoms with E-state index in [1.165, 1.54) is 4.90 Å². The number of urea groups is 1. The van der Waals surface area contributed by atoms with Gasteiger partial charge in [-0.05, 0) is 0 Å². The van der Waals surface area contributed by atoms with Gasteiger partial charge >= 0.3 is 6.03 Å². The quantitative estimate of drug-likeness (QED) is 0.647. The molecule has 0 aliphatic carbocycles. The first-order chi connectivity index (χ1) is 12.3.